The van der Waals surface area contributed by atoms with Gasteiger partial charge in [0.15, 0.2) is 5.78 Å². The molecule has 4 nitrogen and oxygen atoms in total. The topological polar surface area (TPSA) is 49.4 Å². The first-order chi connectivity index (χ1) is 9.02. The van der Waals surface area contributed by atoms with Gasteiger partial charge < -0.3 is 5.32 Å². The van der Waals surface area contributed by atoms with Gasteiger partial charge in [0, 0.05) is 18.7 Å². The molecule has 104 valence electrons. The highest BCUT2D eigenvalue weighted by Gasteiger charge is 2.30. The van der Waals surface area contributed by atoms with Crippen molar-refractivity contribution in [2.45, 2.75) is 19.4 Å². The predicted octanol–water partition coefficient (Wildman–Crippen LogP) is 2.67. The molecular formula is C12H14Br2N2O2S. The number of hydrogen-bond acceptors (Lipinski definition) is 4. The molecule has 1 aliphatic rings. The number of nitrogens with one attached hydrogen (secondary N) is 1. The number of Topliss-reactive ketones (excluding diaryl/α,β-unsaturated/α-hetero) is 1. The standard InChI is InChI=1S/C12H14Br2N2O2S/c1-2-8-12(18)15-3-4-16(8)6-9(17)7-5-10(13)19-11(7)14/h5,8H,2-4,6H2,1H3,(H,15,18). The summed E-state index contributed by atoms with van der Waals surface area (Å²) < 4.78 is 1.75. The van der Waals surface area contributed by atoms with Crippen molar-refractivity contribution >= 4 is 54.9 Å². The maximum atomic E-state index is 12.3. The fraction of sp³-hybridized carbons (Fsp3) is 0.500. The Labute approximate surface area is 132 Å². The van der Waals surface area contributed by atoms with Crippen LogP contribution in [0.4, 0.5) is 0 Å². The number of thiophene rings is 1. The number of ketones is 1. The summed E-state index contributed by atoms with van der Waals surface area (Å²) in [6.45, 7) is 3.58. The zero-order valence-corrected chi connectivity index (χ0v) is 14.4. The zero-order valence-electron chi connectivity index (χ0n) is 10.4. The molecule has 0 radical (unpaired) electrons. The van der Waals surface area contributed by atoms with Gasteiger partial charge in [-0.1, -0.05) is 6.92 Å². The van der Waals surface area contributed by atoms with Crippen LogP contribution in [0.25, 0.3) is 0 Å². The summed E-state index contributed by atoms with van der Waals surface area (Å²) >= 11 is 8.25. The van der Waals surface area contributed by atoms with E-state index in [0.29, 0.717) is 18.5 Å². The second-order valence-corrected chi connectivity index (χ2v) is 8.10. The maximum Gasteiger partial charge on any atom is 0.237 e. The van der Waals surface area contributed by atoms with E-state index in [0.717, 1.165) is 14.1 Å². The first kappa shape index (κ1) is 15.2. The molecule has 1 aromatic heterocycles. The summed E-state index contributed by atoms with van der Waals surface area (Å²) in [5.74, 6) is 0.0640. The second-order valence-electron chi connectivity index (χ2n) is 4.35. The van der Waals surface area contributed by atoms with Crippen LogP contribution in [0.3, 0.4) is 0 Å². The monoisotopic (exact) mass is 408 g/mol. The van der Waals surface area contributed by atoms with Crippen molar-refractivity contribution in [3.05, 3.63) is 19.2 Å². The molecule has 1 aliphatic heterocycles. The molecule has 2 heterocycles. The van der Waals surface area contributed by atoms with Crippen LogP contribution in [-0.2, 0) is 4.79 Å². The number of rotatable bonds is 4. The van der Waals surface area contributed by atoms with Crippen molar-refractivity contribution in [3.8, 4) is 0 Å². The molecule has 1 saturated heterocycles. The molecule has 0 aromatic carbocycles. The van der Waals surface area contributed by atoms with Gasteiger partial charge in [-0.25, -0.2) is 0 Å². The zero-order chi connectivity index (χ0) is 14.0. The van der Waals surface area contributed by atoms with Gasteiger partial charge in [-0.15, -0.1) is 11.3 Å². The quantitative estimate of drug-likeness (QED) is 0.777. The lowest BCUT2D eigenvalue weighted by Crippen LogP contribution is -2.56. The number of amides is 1. The molecule has 1 fully saturated rings. The highest BCUT2D eigenvalue weighted by atomic mass is 79.9. The van der Waals surface area contributed by atoms with E-state index in [1.807, 2.05) is 17.9 Å². The first-order valence-electron chi connectivity index (χ1n) is 6.02. The van der Waals surface area contributed by atoms with Crippen LogP contribution in [0.15, 0.2) is 13.6 Å². The number of nitrogens with zero attached hydrogens (tertiary/aromatic N) is 1. The smallest absolute Gasteiger partial charge is 0.237 e. The summed E-state index contributed by atoms with van der Waals surface area (Å²) in [5.41, 5.74) is 0.678. The maximum absolute atomic E-state index is 12.3. The van der Waals surface area contributed by atoms with Gasteiger partial charge >= 0.3 is 0 Å². The van der Waals surface area contributed by atoms with Crippen LogP contribution in [0, 0.1) is 0 Å². The third-order valence-electron chi connectivity index (χ3n) is 3.13. The van der Waals surface area contributed by atoms with E-state index in [1.54, 1.807) is 0 Å². The van der Waals surface area contributed by atoms with Crippen LogP contribution >= 0.6 is 43.2 Å². The normalized spacial score (nSPS) is 20.4. The summed E-state index contributed by atoms with van der Waals surface area (Å²) in [4.78, 5) is 26.0. The molecule has 2 rings (SSSR count). The predicted molar refractivity (Wildman–Crippen MR) is 82.7 cm³/mol. The van der Waals surface area contributed by atoms with Crippen LogP contribution in [0.1, 0.15) is 23.7 Å². The van der Waals surface area contributed by atoms with E-state index >= 15 is 0 Å². The third-order valence-corrected chi connectivity index (χ3v) is 5.47. The van der Waals surface area contributed by atoms with Gasteiger partial charge in [-0.05, 0) is 44.3 Å². The molecule has 0 spiro atoms. The Morgan fingerprint density at radius 3 is 2.89 bits per heavy atom. The summed E-state index contributed by atoms with van der Waals surface area (Å²) in [6, 6.07) is 1.63. The number of carbonyl (C=O) groups excluding carboxylic acids is 2. The molecule has 0 bridgehead atoms. The third kappa shape index (κ3) is 3.45. The van der Waals surface area contributed by atoms with Crippen molar-refractivity contribution in [3.63, 3.8) is 0 Å². The lowest BCUT2D eigenvalue weighted by molar-refractivity contribution is -0.128. The second kappa shape index (κ2) is 6.47. The lowest BCUT2D eigenvalue weighted by atomic mass is 10.1. The summed E-state index contributed by atoms with van der Waals surface area (Å²) in [7, 11) is 0. The van der Waals surface area contributed by atoms with Gasteiger partial charge in [-0.2, -0.15) is 0 Å². The fourth-order valence-corrected chi connectivity index (χ4v) is 5.05. The SMILES string of the molecule is CCC1C(=O)NCCN1CC(=O)c1cc(Br)sc1Br. The molecule has 19 heavy (non-hydrogen) atoms. The Morgan fingerprint density at radius 1 is 1.58 bits per heavy atom. The molecule has 1 aromatic rings. The minimum absolute atomic E-state index is 0.0205. The van der Waals surface area contributed by atoms with Crippen molar-refractivity contribution in [2.75, 3.05) is 19.6 Å². The Hall–Kier alpha value is -0.240. The molecule has 1 unspecified atom stereocenters. The Bertz CT molecular complexity index is 504. The van der Waals surface area contributed by atoms with Crippen molar-refractivity contribution in [1.29, 1.82) is 0 Å². The molecule has 1 N–H and O–H groups in total. The lowest BCUT2D eigenvalue weighted by Gasteiger charge is -2.33. The van der Waals surface area contributed by atoms with E-state index in [-0.39, 0.29) is 24.3 Å². The van der Waals surface area contributed by atoms with Crippen molar-refractivity contribution < 1.29 is 9.59 Å². The fourth-order valence-electron chi connectivity index (χ4n) is 2.20. The van der Waals surface area contributed by atoms with Crippen LogP contribution in [0.2, 0.25) is 0 Å². The molecule has 1 atom stereocenters. The average molecular weight is 410 g/mol. The number of carbonyl (C=O) groups is 2. The van der Waals surface area contributed by atoms with Crippen LogP contribution in [0.5, 0.6) is 0 Å². The Morgan fingerprint density at radius 2 is 2.32 bits per heavy atom. The summed E-state index contributed by atoms with van der Waals surface area (Å²) in [5, 5.41) is 2.83. The van der Waals surface area contributed by atoms with E-state index in [2.05, 4.69) is 37.2 Å². The number of halogens is 2. The molecule has 0 aliphatic carbocycles. The highest BCUT2D eigenvalue weighted by Crippen LogP contribution is 2.32. The van der Waals surface area contributed by atoms with Gasteiger partial charge in [0.05, 0.1) is 20.2 Å². The van der Waals surface area contributed by atoms with E-state index in [9.17, 15) is 9.59 Å². The Balaban J connectivity index is 2.09. The molecular weight excluding hydrogens is 396 g/mol. The van der Waals surface area contributed by atoms with Gasteiger partial charge in [-0.3, -0.25) is 14.5 Å². The van der Waals surface area contributed by atoms with Crippen LogP contribution < -0.4 is 5.32 Å². The minimum Gasteiger partial charge on any atom is -0.353 e. The van der Waals surface area contributed by atoms with Gasteiger partial charge in [0.1, 0.15) is 0 Å². The molecule has 1 amide bonds. The Kier molecular flexibility index (Phi) is 5.16. The summed E-state index contributed by atoms with van der Waals surface area (Å²) in [6.07, 6.45) is 0.716. The first-order valence-corrected chi connectivity index (χ1v) is 8.43. The number of piperazine rings is 1. The van der Waals surface area contributed by atoms with E-state index in [1.165, 1.54) is 11.3 Å². The largest absolute Gasteiger partial charge is 0.353 e. The van der Waals surface area contributed by atoms with Crippen LogP contribution in [-0.4, -0.2) is 42.3 Å². The van der Waals surface area contributed by atoms with Gasteiger partial charge in [0.25, 0.3) is 0 Å². The van der Waals surface area contributed by atoms with E-state index in [4.69, 9.17) is 0 Å². The van der Waals surface area contributed by atoms with E-state index < -0.39 is 0 Å². The number of hydrogen-bond donors (Lipinski definition) is 1. The van der Waals surface area contributed by atoms with Crippen molar-refractivity contribution in [1.82, 2.24) is 10.2 Å². The highest BCUT2D eigenvalue weighted by molar-refractivity contribution is 9.12. The van der Waals surface area contributed by atoms with Crippen molar-refractivity contribution in [2.24, 2.45) is 0 Å². The minimum atomic E-state index is -0.196. The average Bonchev–Trinajstić information content (AvgIpc) is 2.69. The molecule has 7 heteroatoms. The van der Waals surface area contributed by atoms with Gasteiger partial charge in [0.2, 0.25) is 5.91 Å². The molecule has 0 saturated carbocycles.